The highest BCUT2D eigenvalue weighted by molar-refractivity contribution is 7.47. The van der Waals surface area contributed by atoms with Crippen LogP contribution in [0.1, 0.15) is 362 Å². The predicted octanol–water partition coefficient (Wildman–Crippen LogP) is 24.9. The maximum Gasteiger partial charge on any atom is 0.472 e. The Kier molecular flexibility index (Phi) is 75.6. The van der Waals surface area contributed by atoms with E-state index in [9.17, 15) is 43.2 Å². The van der Waals surface area contributed by atoms with Crippen LogP contribution in [0.25, 0.3) is 0 Å². The second kappa shape index (κ2) is 78.8. The molecule has 0 saturated carbocycles. The van der Waals surface area contributed by atoms with Crippen molar-refractivity contribution in [2.75, 3.05) is 39.6 Å². The van der Waals surface area contributed by atoms with Gasteiger partial charge >= 0.3 is 39.5 Å². The Morgan fingerprint density at radius 2 is 0.509 bits per heavy atom. The van der Waals surface area contributed by atoms with E-state index in [1.165, 1.54) is 128 Å². The smallest absolute Gasteiger partial charge is 0.462 e. The molecule has 106 heavy (non-hydrogen) atoms. The molecule has 612 valence electrons. The first kappa shape index (κ1) is 102. The lowest BCUT2D eigenvalue weighted by molar-refractivity contribution is -0.161. The summed E-state index contributed by atoms with van der Waals surface area (Å²) in [6, 6.07) is 0. The van der Waals surface area contributed by atoms with E-state index in [0.29, 0.717) is 32.1 Å². The molecule has 0 aliphatic heterocycles. The van der Waals surface area contributed by atoms with E-state index in [0.717, 1.165) is 148 Å². The number of esters is 4. The summed E-state index contributed by atoms with van der Waals surface area (Å²) in [5, 5.41) is 10.7. The molecule has 0 spiro atoms. The van der Waals surface area contributed by atoms with Crippen LogP contribution in [0.5, 0.6) is 0 Å². The van der Waals surface area contributed by atoms with Gasteiger partial charge in [0.05, 0.1) is 26.4 Å². The van der Waals surface area contributed by atoms with Gasteiger partial charge in [-0.3, -0.25) is 37.3 Å². The molecule has 0 bridgehead atoms. The normalized spacial score (nSPS) is 14.4. The van der Waals surface area contributed by atoms with Gasteiger partial charge in [0.2, 0.25) is 0 Å². The van der Waals surface area contributed by atoms with Crippen molar-refractivity contribution in [3.05, 3.63) is 109 Å². The second-order valence-corrected chi connectivity index (χ2v) is 30.9. The summed E-state index contributed by atoms with van der Waals surface area (Å²) in [5.74, 6) is -2.26. The van der Waals surface area contributed by atoms with Crippen molar-refractivity contribution < 1.29 is 80.2 Å². The first-order valence-electron chi connectivity index (χ1n) is 42.1. The third kappa shape index (κ3) is 77.9. The zero-order valence-corrected chi connectivity index (χ0v) is 68.9. The maximum atomic E-state index is 13.1. The standard InChI is InChI=1S/C87H152O17P2/c1-5-9-13-17-21-25-29-33-37-39-40-42-46-48-52-56-60-64-68-72-85(90)98-78-83(104-87(92)74-70-66-62-58-54-50-44-36-32-28-24-20-16-12-8-4)80-102-106(95,96)100-76-81(88)75-99-105(93,94)101-79-82(103-86(91)73-69-65-61-57-53-49-43-35-31-27-23-19-15-11-7-3)77-97-84(89)71-67-63-59-55-51-47-45-41-38-34-30-26-22-18-14-10-6-2/h9-10,13-14,21-22,25-26,33-34,37-38,40,42,48,52,60,64,81-83,88H,5-8,11-12,15-20,23-24,27-32,35-36,39,41,43-47,49-51,53-59,61-63,65-80H2,1-4H3,(H,93,94)(H,95,96)/b13-9-,14-10-,25-21-,26-22-,37-33-,38-34-,42-40-,52-48-,64-60-. The van der Waals surface area contributed by atoms with Crippen LogP contribution < -0.4 is 0 Å². The van der Waals surface area contributed by atoms with Crippen molar-refractivity contribution in [3.63, 3.8) is 0 Å². The molecule has 0 saturated heterocycles. The average molecular weight is 1530 g/mol. The van der Waals surface area contributed by atoms with Crippen molar-refractivity contribution in [3.8, 4) is 0 Å². The number of carbonyl (C=O) groups excluding carboxylic acids is 4. The topological polar surface area (TPSA) is 237 Å². The lowest BCUT2D eigenvalue weighted by Crippen LogP contribution is -2.30. The van der Waals surface area contributed by atoms with Crippen LogP contribution in [-0.4, -0.2) is 96.7 Å². The number of ether oxygens (including phenoxy) is 4. The summed E-state index contributed by atoms with van der Waals surface area (Å²) >= 11 is 0. The van der Waals surface area contributed by atoms with E-state index < -0.39 is 97.5 Å². The molecular weight excluding hydrogens is 1380 g/mol. The van der Waals surface area contributed by atoms with Gasteiger partial charge in [0.1, 0.15) is 19.3 Å². The van der Waals surface area contributed by atoms with Gasteiger partial charge in [0, 0.05) is 25.7 Å². The number of aliphatic hydroxyl groups is 1. The highest BCUT2D eigenvalue weighted by Gasteiger charge is 2.30. The van der Waals surface area contributed by atoms with Crippen molar-refractivity contribution >= 4 is 39.5 Å². The van der Waals surface area contributed by atoms with Gasteiger partial charge in [0.15, 0.2) is 12.2 Å². The molecule has 0 aliphatic carbocycles. The van der Waals surface area contributed by atoms with Crippen LogP contribution >= 0.6 is 15.6 Å². The Morgan fingerprint density at radius 1 is 0.274 bits per heavy atom. The summed E-state index contributed by atoms with van der Waals surface area (Å²) in [5.41, 5.74) is 0. The lowest BCUT2D eigenvalue weighted by Gasteiger charge is -2.21. The average Bonchev–Trinajstić information content (AvgIpc) is 0.909. The number of rotatable bonds is 79. The number of carbonyl (C=O) groups is 4. The molecular formula is C87H152O17P2. The van der Waals surface area contributed by atoms with Crippen LogP contribution in [0.15, 0.2) is 109 Å². The Balaban J connectivity index is 5.40. The quantitative estimate of drug-likeness (QED) is 0.0169. The molecule has 0 aliphatic rings. The number of aliphatic hydroxyl groups excluding tert-OH is 1. The van der Waals surface area contributed by atoms with Gasteiger partial charge in [-0.15, -0.1) is 0 Å². The van der Waals surface area contributed by atoms with Crippen molar-refractivity contribution in [2.45, 2.75) is 380 Å². The molecule has 3 N–H and O–H groups in total. The molecule has 0 rings (SSSR count). The number of hydrogen-bond acceptors (Lipinski definition) is 15. The molecule has 0 fully saturated rings. The second-order valence-electron chi connectivity index (χ2n) is 28.0. The van der Waals surface area contributed by atoms with Gasteiger partial charge in [-0.05, 0) is 96.3 Å². The Hall–Kier alpha value is -4.28. The van der Waals surface area contributed by atoms with Gasteiger partial charge in [-0.2, -0.15) is 0 Å². The molecule has 0 heterocycles. The van der Waals surface area contributed by atoms with Crippen molar-refractivity contribution in [2.24, 2.45) is 0 Å². The molecule has 19 heteroatoms. The molecule has 0 amide bonds. The Labute approximate surface area is 645 Å². The minimum absolute atomic E-state index is 0.0379. The first-order valence-corrected chi connectivity index (χ1v) is 45.1. The van der Waals surface area contributed by atoms with Gasteiger partial charge in [0.25, 0.3) is 0 Å². The fourth-order valence-corrected chi connectivity index (χ4v) is 13.0. The van der Waals surface area contributed by atoms with Gasteiger partial charge < -0.3 is 33.8 Å². The molecule has 5 atom stereocenters. The van der Waals surface area contributed by atoms with Crippen LogP contribution in [0.4, 0.5) is 0 Å². The molecule has 0 aromatic rings. The number of hydrogen-bond donors (Lipinski definition) is 3. The van der Waals surface area contributed by atoms with Gasteiger partial charge in [-0.25, -0.2) is 9.13 Å². The molecule has 5 unspecified atom stereocenters. The molecule has 0 aromatic carbocycles. The number of unbranched alkanes of at least 4 members (excludes halogenated alkanes) is 35. The minimum Gasteiger partial charge on any atom is -0.462 e. The monoisotopic (exact) mass is 1530 g/mol. The summed E-state index contributed by atoms with van der Waals surface area (Å²) in [6.07, 6.45) is 86.4. The van der Waals surface area contributed by atoms with E-state index in [1.807, 2.05) is 12.2 Å². The first-order chi connectivity index (χ1) is 51.7. The molecule has 17 nitrogen and oxygen atoms in total. The van der Waals surface area contributed by atoms with E-state index in [-0.39, 0.29) is 25.7 Å². The fraction of sp³-hybridized carbons (Fsp3) is 0.747. The summed E-state index contributed by atoms with van der Waals surface area (Å²) in [4.78, 5) is 73.2. The summed E-state index contributed by atoms with van der Waals surface area (Å²) < 4.78 is 68.7. The van der Waals surface area contributed by atoms with Crippen molar-refractivity contribution in [1.82, 2.24) is 0 Å². The number of allylic oxidation sites excluding steroid dienone is 18. The number of phosphoric acid groups is 2. The van der Waals surface area contributed by atoms with Crippen LogP contribution in [0.2, 0.25) is 0 Å². The van der Waals surface area contributed by atoms with E-state index >= 15 is 0 Å². The Bertz CT molecular complexity index is 2430. The third-order valence-corrected chi connectivity index (χ3v) is 19.7. The SMILES string of the molecule is CC/C=C\C/C=C\C/C=C\C/C=C\C/C=C\C/C=C\CCC(=O)OCC(COP(=O)(O)OCC(O)COP(=O)(O)OCC(COC(=O)CCCCCCCCC/C=C\C/C=C\C/C=C\CC)OC(=O)CCCCCCCCCCCCCCCCC)OC(=O)CCCCCCCCCCCCCCCCC. The highest BCUT2D eigenvalue weighted by atomic mass is 31.2. The fourth-order valence-electron chi connectivity index (χ4n) is 11.4. The highest BCUT2D eigenvalue weighted by Crippen LogP contribution is 2.45. The minimum atomic E-state index is -4.99. The molecule has 0 aromatic heterocycles. The third-order valence-electron chi connectivity index (χ3n) is 17.8. The predicted molar refractivity (Wildman–Crippen MR) is 436 cm³/mol. The maximum absolute atomic E-state index is 13.1. The van der Waals surface area contributed by atoms with E-state index in [1.54, 1.807) is 0 Å². The van der Waals surface area contributed by atoms with Crippen LogP contribution in [0.3, 0.4) is 0 Å². The largest absolute Gasteiger partial charge is 0.472 e. The molecule has 0 radical (unpaired) electrons. The van der Waals surface area contributed by atoms with Gasteiger partial charge in [-0.1, -0.05) is 349 Å². The van der Waals surface area contributed by atoms with Crippen molar-refractivity contribution in [1.29, 1.82) is 0 Å². The number of phosphoric ester groups is 2. The Morgan fingerprint density at radius 3 is 0.811 bits per heavy atom. The summed E-state index contributed by atoms with van der Waals surface area (Å²) in [7, 11) is -9.98. The van der Waals surface area contributed by atoms with Crippen LogP contribution in [0, 0.1) is 0 Å². The lowest BCUT2D eigenvalue weighted by atomic mass is 10.0. The zero-order valence-electron chi connectivity index (χ0n) is 67.1. The van der Waals surface area contributed by atoms with E-state index in [4.69, 9.17) is 37.0 Å². The zero-order chi connectivity index (χ0) is 77.4. The summed E-state index contributed by atoms with van der Waals surface area (Å²) in [6.45, 7) is 4.63. The van der Waals surface area contributed by atoms with Crippen LogP contribution in [-0.2, 0) is 65.4 Å². The van der Waals surface area contributed by atoms with E-state index in [2.05, 4.69) is 125 Å².